The summed E-state index contributed by atoms with van der Waals surface area (Å²) in [5.41, 5.74) is 0.751. The molecule has 3 rings (SSSR count). The van der Waals surface area contributed by atoms with E-state index >= 15 is 0 Å². The Hall–Kier alpha value is -0.650. The SMILES string of the molecule is Oc1c(Br)cc(F)cc1[C@@H](C1CCCCC1)N1CCNCC1. The summed E-state index contributed by atoms with van der Waals surface area (Å²) in [6, 6.07) is 2.99. The molecule has 1 saturated heterocycles. The zero-order valence-corrected chi connectivity index (χ0v) is 14.4. The van der Waals surface area contributed by atoms with Gasteiger partial charge >= 0.3 is 0 Å². The van der Waals surface area contributed by atoms with E-state index in [0.717, 1.165) is 31.7 Å². The van der Waals surface area contributed by atoms with E-state index in [1.165, 1.54) is 44.2 Å². The first-order valence-electron chi connectivity index (χ1n) is 8.29. The third kappa shape index (κ3) is 3.47. The van der Waals surface area contributed by atoms with Crippen molar-refractivity contribution in [3.63, 3.8) is 0 Å². The van der Waals surface area contributed by atoms with E-state index < -0.39 is 0 Å². The van der Waals surface area contributed by atoms with Gasteiger partial charge < -0.3 is 10.4 Å². The predicted molar refractivity (Wildman–Crippen MR) is 89.5 cm³/mol. The van der Waals surface area contributed by atoms with Crippen LogP contribution in [-0.2, 0) is 0 Å². The number of hydrogen-bond donors (Lipinski definition) is 2. The number of nitrogens with one attached hydrogen (secondary N) is 1. The van der Waals surface area contributed by atoms with Gasteiger partial charge in [-0.25, -0.2) is 4.39 Å². The molecule has 3 nitrogen and oxygen atoms in total. The number of rotatable bonds is 3. The molecule has 22 heavy (non-hydrogen) atoms. The molecule has 1 aromatic carbocycles. The van der Waals surface area contributed by atoms with E-state index in [0.29, 0.717) is 10.4 Å². The largest absolute Gasteiger partial charge is 0.506 e. The van der Waals surface area contributed by atoms with E-state index in [1.807, 2.05) is 0 Å². The lowest BCUT2D eigenvalue weighted by atomic mass is 9.80. The van der Waals surface area contributed by atoms with Crippen LogP contribution in [0, 0.1) is 11.7 Å². The monoisotopic (exact) mass is 370 g/mol. The summed E-state index contributed by atoms with van der Waals surface area (Å²) >= 11 is 3.29. The molecule has 0 radical (unpaired) electrons. The van der Waals surface area contributed by atoms with E-state index in [2.05, 4.69) is 26.1 Å². The second-order valence-electron chi connectivity index (χ2n) is 6.45. The molecule has 2 fully saturated rings. The van der Waals surface area contributed by atoms with Gasteiger partial charge in [0, 0.05) is 37.8 Å². The van der Waals surface area contributed by atoms with Gasteiger partial charge in [0.2, 0.25) is 0 Å². The highest BCUT2D eigenvalue weighted by molar-refractivity contribution is 9.10. The number of aromatic hydroxyl groups is 1. The first-order valence-corrected chi connectivity index (χ1v) is 9.09. The molecule has 1 aliphatic carbocycles. The maximum absolute atomic E-state index is 13.9. The van der Waals surface area contributed by atoms with Crippen molar-refractivity contribution in [1.82, 2.24) is 10.2 Å². The van der Waals surface area contributed by atoms with Crippen molar-refractivity contribution in [2.45, 2.75) is 38.1 Å². The minimum atomic E-state index is -0.282. The molecule has 1 aromatic rings. The average molecular weight is 371 g/mol. The number of hydrogen-bond acceptors (Lipinski definition) is 3. The Kier molecular flexibility index (Phi) is 5.37. The smallest absolute Gasteiger partial charge is 0.134 e. The maximum atomic E-state index is 13.9. The van der Waals surface area contributed by atoms with Crippen LogP contribution in [0.1, 0.15) is 43.7 Å². The summed E-state index contributed by atoms with van der Waals surface area (Å²) in [6.45, 7) is 3.82. The van der Waals surface area contributed by atoms with Crippen LogP contribution in [-0.4, -0.2) is 36.2 Å². The van der Waals surface area contributed by atoms with Crippen LogP contribution in [0.15, 0.2) is 16.6 Å². The number of halogens is 2. The molecular weight excluding hydrogens is 347 g/mol. The Balaban J connectivity index is 1.96. The average Bonchev–Trinajstić information content (AvgIpc) is 2.54. The Morgan fingerprint density at radius 2 is 1.86 bits per heavy atom. The molecule has 0 bridgehead atoms. The van der Waals surface area contributed by atoms with Crippen LogP contribution in [0.4, 0.5) is 4.39 Å². The Bertz CT molecular complexity index is 496. The van der Waals surface area contributed by atoms with Crippen molar-refractivity contribution >= 4 is 15.9 Å². The van der Waals surface area contributed by atoms with Crippen LogP contribution >= 0.6 is 15.9 Å². The van der Waals surface area contributed by atoms with Crippen molar-refractivity contribution < 1.29 is 9.50 Å². The van der Waals surface area contributed by atoms with Crippen LogP contribution in [0.3, 0.4) is 0 Å². The van der Waals surface area contributed by atoms with E-state index in [1.54, 1.807) is 0 Å². The van der Waals surface area contributed by atoms with Crippen LogP contribution < -0.4 is 5.32 Å². The highest BCUT2D eigenvalue weighted by Gasteiger charge is 2.33. The zero-order valence-electron chi connectivity index (χ0n) is 12.8. The molecule has 1 aliphatic heterocycles. The second kappa shape index (κ2) is 7.28. The zero-order chi connectivity index (χ0) is 15.5. The number of phenols is 1. The van der Waals surface area contributed by atoms with Gasteiger partial charge in [0.15, 0.2) is 0 Å². The van der Waals surface area contributed by atoms with Gasteiger partial charge in [0.25, 0.3) is 0 Å². The van der Waals surface area contributed by atoms with Gasteiger partial charge in [-0.05, 0) is 46.8 Å². The van der Waals surface area contributed by atoms with Gasteiger partial charge in [0.05, 0.1) is 4.47 Å². The minimum Gasteiger partial charge on any atom is -0.506 e. The molecular formula is C17H24BrFN2O. The number of phenolic OH excluding ortho intramolecular Hbond substituents is 1. The Morgan fingerprint density at radius 1 is 1.18 bits per heavy atom. The molecule has 1 heterocycles. The predicted octanol–water partition coefficient (Wildman–Crippen LogP) is 3.82. The van der Waals surface area contributed by atoms with Crippen LogP contribution in [0.5, 0.6) is 5.75 Å². The fourth-order valence-corrected chi connectivity index (χ4v) is 4.42. The third-order valence-electron chi connectivity index (χ3n) is 5.02. The molecule has 0 spiro atoms. The summed E-state index contributed by atoms with van der Waals surface area (Å²) in [5.74, 6) is 0.428. The fraction of sp³-hybridized carbons (Fsp3) is 0.647. The highest BCUT2D eigenvalue weighted by atomic mass is 79.9. The van der Waals surface area contributed by atoms with Gasteiger partial charge in [0.1, 0.15) is 11.6 Å². The second-order valence-corrected chi connectivity index (χ2v) is 7.31. The first kappa shape index (κ1) is 16.2. The standard InChI is InChI=1S/C17H24BrFN2O/c18-15-11-13(19)10-14(17(15)22)16(12-4-2-1-3-5-12)21-8-6-20-7-9-21/h10-12,16,20,22H,1-9H2/t16-/m1/s1. The third-order valence-corrected chi connectivity index (χ3v) is 5.62. The van der Waals surface area contributed by atoms with E-state index in [9.17, 15) is 9.50 Å². The molecule has 0 amide bonds. The quantitative estimate of drug-likeness (QED) is 0.848. The molecule has 0 aromatic heterocycles. The van der Waals surface area contributed by atoms with Crippen molar-refractivity contribution in [1.29, 1.82) is 0 Å². The molecule has 1 saturated carbocycles. The lowest BCUT2D eigenvalue weighted by molar-refractivity contribution is 0.101. The van der Waals surface area contributed by atoms with Gasteiger partial charge in [-0.1, -0.05) is 19.3 Å². The summed E-state index contributed by atoms with van der Waals surface area (Å²) in [5, 5.41) is 13.9. The summed E-state index contributed by atoms with van der Waals surface area (Å²) in [4.78, 5) is 2.42. The molecule has 1 atom stereocenters. The van der Waals surface area contributed by atoms with E-state index in [4.69, 9.17) is 0 Å². The van der Waals surface area contributed by atoms with Crippen molar-refractivity contribution in [3.05, 3.63) is 28.0 Å². The summed E-state index contributed by atoms with van der Waals surface area (Å²) in [6.07, 6.45) is 6.11. The minimum absolute atomic E-state index is 0.120. The lowest BCUT2D eigenvalue weighted by Crippen LogP contribution is -2.47. The molecule has 0 unspecified atom stereocenters. The molecule has 2 N–H and O–H groups in total. The van der Waals surface area contributed by atoms with Crippen molar-refractivity contribution in [2.75, 3.05) is 26.2 Å². The van der Waals surface area contributed by atoms with Gasteiger partial charge in [-0.2, -0.15) is 0 Å². The van der Waals surface area contributed by atoms with Crippen LogP contribution in [0.2, 0.25) is 0 Å². The number of benzene rings is 1. The van der Waals surface area contributed by atoms with Gasteiger partial charge in [-0.3, -0.25) is 4.90 Å². The normalized spacial score (nSPS) is 22.6. The lowest BCUT2D eigenvalue weighted by Gasteiger charge is -2.41. The molecule has 122 valence electrons. The van der Waals surface area contributed by atoms with Crippen LogP contribution in [0.25, 0.3) is 0 Å². The summed E-state index contributed by atoms with van der Waals surface area (Å²) < 4.78 is 14.4. The topological polar surface area (TPSA) is 35.5 Å². The first-order chi connectivity index (χ1) is 10.7. The fourth-order valence-electron chi connectivity index (χ4n) is 3.97. The molecule has 2 aliphatic rings. The van der Waals surface area contributed by atoms with Crippen molar-refractivity contribution in [2.24, 2.45) is 5.92 Å². The highest BCUT2D eigenvalue weighted by Crippen LogP contribution is 2.43. The molecule has 5 heteroatoms. The maximum Gasteiger partial charge on any atom is 0.134 e. The number of nitrogens with zero attached hydrogens (tertiary/aromatic N) is 1. The summed E-state index contributed by atoms with van der Waals surface area (Å²) in [7, 11) is 0. The van der Waals surface area contributed by atoms with Crippen molar-refractivity contribution in [3.8, 4) is 5.75 Å². The Morgan fingerprint density at radius 3 is 2.55 bits per heavy atom. The number of piperazine rings is 1. The Labute approximate surface area is 140 Å². The van der Waals surface area contributed by atoms with Gasteiger partial charge in [-0.15, -0.1) is 0 Å². The van der Waals surface area contributed by atoms with E-state index in [-0.39, 0.29) is 17.6 Å².